The summed E-state index contributed by atoms with van der Waals surface area (Å²) in [5.41, 5.74) is 0. The molecular formula is C18H26Ge2O. The van der Waals surface area contributed by atoms with Gasteiger partial charge in [0.1, 0.15) is 0 Å². The summed E-state index contributed by atoms with van der Waals surface area (Å²) < 4.78 is 10.0. The Balaban J connectivity index is 2.36. The molecule has 0 amide bonds. The maximum atomic E-state index is 7.07. The van der Waals surface area contributed by atoms with Crippen molar-refractivity contribution in [3.05, 3.63) is 60.7 Å². The zero-order chi connectivity index (χ0) is 15.3. The molecule has 0 N–H and O–H groups in total. The van der Waals surface area contributed by atoms with Gasteiger partial charge in [0.05, 0.1) is 0 Å². The third-order valence-electron chi connectivity index (χ3n) is 4.36. The summed E-state index contributed by atoms with van der Waals surface area (Å²) in [6.07, 6.45) is 0. The van der Waals surface area contributed by atoms with Gasteiger partial charge < -0.3 is 0 Å². The second-order valence-electron chi connectivity index (χ2n) is 6.05. The Morgan fingerprint density at radius 2 is 1.14 bits per heavy atom. The molecule has 1 nitrogen and oxygen atoms in total. The third-order valence-corrected chi connectivity index (χ3v) is 27.4. The summed E-state index contributed by atoms with van der Waals surface area (Å²) in [5, 5.41) is 2.39. The van der Waals surface area contributed by atoms with Crippen molar-refractivity contribution >= 4 is 36.0 Å². The quantitative estimate of drug-likeness (QED) is 0.662. The van der Waals surface area contributed by atoms with Crippen LogP contribution in [0.4, 0.5) is 0 Å². The number of hydrogen-bond acceptors (Lipinski definition) is 1. The Labute approximate surface area is 135 Å². The van der Waals surface area contributed by atoms with E-state index in [0.717, 1.165) is 0 Å². The second kappa shape index (κ2) is 7.16. The van der Waals surface area contributed by atoms with Gasteiger partial charge in [0.25, 0.3) is 0 Å². The molecule has 3 heteroatoms. The van der Waals surface area contributed by atoms with Crippen LogP contribution in [0.15, 0.2) is 60.7 Å². The van der Waals surface area contributed by atoms with Crippen molar-refractivity contribution in [2.75, 3.05) is 0 Å². The Bertz CT molecular complexity index is 548. The van der Waals surface area contributed by atoms with Crippen LogP contribution in [0.2, 0.25) is 22.0 Å². The van der Waals surface area contributed by atoms with E-state index in [1.165, 1.54) is 19.3 Å². The molecule has 0 bridgehead atoms. The van der Waals surface area contributed by atoms with Gasteiger partial charge in [0.2, 0.25) is 0 Å². The summed E-state index contributed by atoms with van der Waals surface area (Å²) in [5.74, 6) is 4.78. The van der Waals surface area contributed by atoms with Gasteiger partial charge in [-0.25, -0.2) is 0 Å². The first kappa shape index (κ1) is 16.8. The molecule has 0 radical (unpaired) electrons. The molecule has 21 heavy (non-hydrogen) atoms. The van der Waals surface area contributed by atoms with E-state index in [1.807, 2.05) is 0 Å². The molecule has 0 spiro atoms. The molecule has 0 atom stereocenters. The average Bonchev–Trinajstić information content (AvgIpc) is 2.54. The molecule has 0 aliphatic heterocycles. The van der Waals surface area contributed by atoms with Crippen LogP contribution >= 0.6 is 0 Å². The summed E-state index contributed by atoms with van der Waals surface area (Å²) in [4.78, 5) is 0. The topological polar surface area (TPSA) is 9.23 Å². The van der Waals surface area contributed by atoms with Crippen molar-refractivity contribution in [2.45, 2.75) is 35.9 Å². The molecule has 2 aromatic rings. The molecule has 0 saturated heterocycles. The average molecular weight is 404 g/mol. The van der Waals surface area contributed by atoms with E-state index in [-0.39, 0.29) is 0 Å². The Morgan fingerprint density at radius 3 is 1.57 bits per heavy atom. The number of hydrogen-bond donors (Lipinski definition) is 0. The molecule has 0 unspecified atom stereocenters. The van der Waals surface area contributed by atoms with Crippen molar-refractivity contribution in [2.24, 2.45) is 0 Å². The Hall–Kier alpha value is -0.514. The number of rotatable bonds is 6. The van der Waals surface area contributed by atoms with Crippen LogP contribution in [-0.4, -0.2) is 27.2 Å². The van der Waals surface area contributed by atoms with Crippen LogP contribution in [0.3, 0.4) is 0 Å². The van der Waals surface area contributed by atoms with Crippen LogP contribution in [0.1, 0.15) is 13.8 Å². The molecule has 2 rings (SSSR count). The first-order valence-electron chi connectivity index (χ1n) is 7.85. The van der Waals surface area contributed by atoms with Crippen molar-refractivity contribution in [1.29, 1.82) is 0 Å². The standard InChI is InChI=1S/C18H26Ge2O/c1-5-20(6-2,18-15-11-8-12-16-18)21-19(3,4)17-13-9-7-10-14-17/h7-16H,5-6H2,1-4H3. The number of benzene rings is 2. The molecule has 0 saturated carbocycles. The van der Waals surface area contributed by atoms with Crippen LogP contribution in [0.5, 0.6) is 0 Å². The molecular weight excluding hydrogens is 377 g/mol. The van der Waals surface area contributed by atoms with Crippen LogP contribution in [0, 0.1) is 0 Å². The fraction of sp³-hybridized carbons (Fsp3) is 0.333. The van der Waals surface area contributed by atoms with Gasteiger partial charge in [-0.05, 0) is 0 Å². The predicted octanol–water partition coefficient (Wildman–Crippen LogP) is 4.01. The summed E-state index contributed by atoms with van der Waals surface area (Å²) in [7, 11) is 0. The summed E-state index contributed by atoms with van der Waals surface area (Å²) in [6.45, 7) is 4.64. The van der Waals surface area contributed by atoms with Crippen molar-refractivity contribution < 1.29 is 2.79 Å². The Morgan fingerprint density at radius 1 is 0.714 bits per heavy atom. The van der Waals surface area contributed by atoms with Gasteiger partial charge in [0, 0.05) is 0 Å². The second-order valence-corrected chi connectivity index (χ2v) is 24.6. The fourth-order valence-corrected chi connectivity index (χ4v) is 29.0. The van der Waals surface area contributed by atoms with E-state index in [2.05, 4.69) is 86.0 Å². The van der Waals surface area contributed by atoms with Gasteiger partial charge in [0.15, 0.2) is 0 Å². The van der Waals surface area contributed by atoms with E-state index in [0.29, 0.717) is 0 Å². The van der Waals surface area contributed by atoms with E-state index < -0.39 is 27.2 Å². The van der Waals surface area contributed by atoms with E-state index in [4.69, 9.17) is 2.79 Å². The van der Waals surface area contributed by atoms with Gasteiger partial charge in [-0.1, -0.05) is 0 Å². The van der Waals surface area contributed by atoms with Crippen molar-refractivity contribution in [3.63, 3.8) is 0 Å². The fourth-order valence-electron chi connectivity index (χ4n) is 2.99. The monoisotopic (exact) mass is 406 g/mol. The SMILES string of the molecule is C[CH2][Ge]([CH2]C)([O][Ge]([CH3])([CH3])[c]1ccccc1)[c]1ccccc1. The van der Waals surface area contributed by atoms with E-state index in [9.17, 15) is 0 Å². The third kappa shape index (κ3) is 3.82. The van der Waals surface area contributed by atoms with Crippen molar-refractivity contribution in [3.8, 4) is 0 Å². The molecule has 0 aliphatic rings. The van der Waals surface area contributed by atoms with Crippen LogP contribution in [0.25, 0.3) is 0 Å². The van der Waals surface area contributed by atoms with E-state index in [1.54, 1.807) is 0 Å². The van der Waals surface area contributed by atoms with Crippen LogP contribution < -0.4 is 8.79 Å². The normalized spacial score (nSPS) is 12.4. The first-order valence-corrected chi connectivity index (χ1v) is 18.8. The zero-order valence-corrected chi connectivity index (χ0v) is 17.8. The van der Waals surface area contributed by atoms with Gasteiger partial charge >= 0.3 is 135 Å². The van der Waals surface area contributed by atoms with Gasteiger partial charge in [-0.3, -0.25) is 0 Å². The molecule has 112 valence electrons. The first-order chi connectivity index (χ1) is 10.0. The summed E-state index contributed by atoms with van der Waals surface area (Å²) >= 11 is -4.87. The van der Waals surface area contributed by atoms with Crippen LogP contribution in [-0.2, 0) is 2.79 Å². The molecule has 0 aliphatic carbocycles. The van der Waals surface area contributed by atoms with Gasteiger partial charge in [-0.2, -0.15) is 0 Å². The molecule has 0 aromatic heterocycles. The maximum absolute atomic E-state index is 7.07. The molecule has 2 aromatic carbocycles. The predicted molar refractivity (Wildman–Crippen MR) is 97.4 cm³/mol. The molecule has 0 heterocycles. The minimum atomic E-state index is -2.45. The minimum absolute atomic E-state index is 1.20. The Kier molecular flexibility index (Phi) is 5.75. The van der Waals surface area contributed by atoms with Gasteiger partial charge in [-0.15, -0.1) is 0 Å². The zero-order valence-electron chi connectivity index (χ0n) is 13.6. The van der Waals surface area contributed by atoms with Crippen molar-refractivity contribution in [1.82, 2.24) is 0 Å². The summed E-state index contributed by atoms with van der Waals surface area (Å²) in [6, 6.07) is 21.9. The van der Waals surface area contributed by atoms with E-state index >= 15 is 0 Å². The molecule has 0 fully saturated rings.